The van der Waals surface area contributed by atoms with Crippen LogP contribution in [0.5, 0.6) is 0 Å². The molecule has 21 heavy (non-hydrogen) atoms. The maximum absolute atomic E-state index is 12.2. The van der Waals surface area contributed by atoms with Crippen LogP contribution in [0.1, 0.15) is 42.6 Å². The van der Waals surface area contributed by atoms with Crippen LogP contribution in [0.2, 0.25) is 0 Å². The second-order valence-electron chi connectivity index (χ2n) is 4.86. The number of carbonyl (C=O) groups is 3. The van der Waals surface area contributed by atoms with E-state index in [0.717, 1.165) is 0 Å². The summed E-state index contributed by atoms with van der Waals surface area (Å²) in [6, 6.07) is 4.02. The second kappa shape index (κ2) is 7.42. The van der Waals surface area contributed by atoms with Crippen LogP contribution in [-0.4, -0.2) is 28.9 Å². The summed E-state index contributed by atoms with van der Waals surface area (Å²) in [5.74, 6) is -1.75. The maximum Gasteiger partial charge on any atom is 0.326 e. The molecule has 0 saturated heterocycles. The van der Waals surface area contributed by atoms with Crippen molar-refractivity contribution in [2.24, 2.45) is 0 Å². The summed E-state index contributed by atoms with van der Waals surface area (Å²) in [6.07, 6.45) is 1.02. The first-order chi connectivity index (χ1) is 9.85. The van der Waals surface area contributed by atoms with Gasteiger partial charge in [-0.3, -0.25) is 9.59 Å². The molecule has 0 aliphatic heterocycles. The number of hydrogen-bond donors (Lipinski definition) is 3. The first kappa shape index (κ1) is 16.7. The molecule has 0 heterocycles. The quantitative estimate of drug-likeness (QED) is 0.746. The Morgan fingerprint density at radius 1 is 1.29 bits per heavy atom. The van der Waals surface area contributed by atoms with Crippen LogP contribution in [0.3, 0.4) is 0 Å². The molecule has 0 aromatic heterocycles. The Labute approximate surface area is 123 Å². The zero-order chi connectivity index (χ0) is 16.0. The zero-order valence-corrected chi connectivity index (χ0v) is 12.4. The highest BCUT2D eigenvalue weighted by molar-refractivity contribution is 5.99. The molecule has 1 unspecified atom stereocenters. The van der Waals surface area contributed by atoms with Crippen molar-refractivity contribution in [2.75, 3.05) is 5.32 Å². The Kier molecular flexibility index (Phi) is 5.90. The molecule has 0 radical (unpaired) electrons. The van der Waals surface area contributed by atoms with Crippen LogP contribution < -0.4 is 10.6 Å². The maximum atomic E-state index is 12.2. The highest BCUT2D eigenvalue weighted by Gasteiger charge is 2.20. The van der Waals surface area contributed by atoms with E-state index in [1.54, 1.807) is 19.1 Å². The third kappa shape index (κ3) is 4.91. The van der Waals surface area contributed by atoms with Gasteiger partial charge in [-0.05, 0) is 31.0 Å². The zero-order valence-electron chi connectivity index (χ0n) is 12.4. The Morgan fingerprint density at radius 3 is 2.48 bits per heavy atom. The van der Waals surface area contributed by atoms with E-state index in [1.807, 2.05) is 6.92 Å². The first-order valence-electron chi connectivity index (χ1n) is 6.77. The molecule has 1 aromatic rings. The lowest BCUT2D eigenvalue weighted by Gasteiger charge is -2.15. The van der Waals surface area contributed by atoms with Gasteiger partial charge in [0.25, 0.3) is 5.91 Å². The molecule has 0 bridgehead atoms. The number of carbonyl (C=O) groups excluding carboxylic acids is 2. The molecule has 0 aliphatic carbocycles. The molecule has 0 aliphatic rings. The number of aliphatic carboxylic acids is 1. The Hall–Kier alpha value is -2.37. The molecular formula is C15H20N2O4. The van der Waals surface area contributed by atoms with E-state index >= 15 is 0 Å². The van der Waals surface area contributed by atoms with Gasteiger partial charge in [0.1, 0.15) is 6.04 Å². The fourth-order valence-corrected chi connectivity index (χ4v) is 1.93. The normalized spacial score (nSPS) is 11.6. The Morgan fingerprint density at radius 2 is 1.95 bits per heavy atom. The van der Waals surface area contributed by atoms with Gasteiger partial charge in [-0.2, -0.15) is 0 Å². The molecule has 1 atom stereocenters. The average molecular weight is 292 g/mol. The monoisotopic (exact) mass is 292 g/mol. The molecule has 0 fully saturated rings. The average Bonchev–Trinajstić information content (AvgIpc) is 2.39. The molecule has 0 saturated carbocycles. The molecule has 6 nitrogen and oxygen atoms in total. The summed E-state index contributed by atoms with van der Waals surface area (Å²) in [4.78, 5) is 34.3. The number of benzene rings is 1. The summed E-state index contributed by atoms with van der Waals surface area (Å²) in [7, 11) is 0. The van der Waals surface area contributed by atoms with Crippen LogP contribution in [0.25, 0.3) is 0 Å². The van der Waals surface area contributed by atoms with Gasteiger partial charge >= 0.3 is 5.97 Å². The molecule has 6 heteroatoms. The molecule has 3 N–H and O–H groups in total. The predicted molar refractivity (Wildman–Crippen MR) is 79.3 cm³/mol. The minimum atomic E-state index is -1.05. The number of rotatable bonds is 6. The second-order valence-corrected chi connectivity index (χ2v) is 4.86. The molecule has 1 rings (SSSR count). The lowest BCUT2D eigenvalue weighted by molar-refractivity contribution is -0.139. The van der Waals surface area contributed by atoms with E-state index in [4.69, 9.17) is 5.11 Å². The van der Waals surface area contributed by atoms with Gasteiger partial charge in [-0.25, -0.2) is 4.79 Å². The van der Waals surface area contributed by atoms with Crippen molar-refractivity contribution in [1.29, 1.82) is 0 Å². The highest BCUT2D eigenvalue weighted by Crippen LogP contribution is 2.16. The smallest absolute Gasteiger partial charge is 0.326 e. The van der Waals surface area contributed by atoms with Gasteiger partial charge in [-0.1, -0.05) is 19.4 Å². The molecule has 1 aromatic carbocycles. The van der Waals surface area contributed by atoms with Gasteiger partial charge < -0.3 is 15.7 Å². The van der Waals surface area contributed by atoms with Crippen LogP contribution in [0.4, 0.5) is 5.69 Å². The van der Waals surface area contributed by atoms with E-state index in [9.17, 15) is 14.4 Å². The minimum Gasteiger partial charge on any atom is -0.480 e. The van der Waals surface area contributed by atoms with E-state index in [2.05, 4.69) is 10.6 Å². The van der Waals surface area contributed by atoms with Crippen molar-refractivity contribution in [3.63, 3.8) is 0 Å². The van der Waals surface area contributed by atoms with E-state index in [1.165, 1.54) is 13.0 Å². The van der Waals surface area contributed by atoms with Crippen molar-refractivity contribution in [2.45, 2.75) is 39.7 Å². The molecule has 114 valence electrons. The van der Waals surface area contributed by atoms with E-state index in [0.29, 0.717) is 29.7 Å². The van der Waals surface area contributed by atoms with Crippen molar-refractivity contribution in [3.05, 3.63) is 29.3 Å². The number of amides is 2. The predicted octanol–water partition coefficient (Wildman–Crippen LogP) is 1.94. The molecule has 0 spiro atoms. The van der Waals surface area contributed by atoms with Crippen LogP contribution in [0, 0.1) is 6.92 Å². The number of aryl methyl sites for hydroxylation is 1. The first-order valence-corrected chi connectivity index (χ1v) is 6.77. The van der Waals surface area contributed by atoms with Crippen molar-refractivity contribution >= 4 is 23.5 Å². The van der Waals surface area contributed by atoms with Gasteiger partial charge in [0, 0.05) is 18.2 Å². The summed E-state index contributed by atoms with van der Waals surface area (Å²) in [5, 5.41) is 14.2. The molecular weight excluding hydrogens is 272 g/mol. The largest absolute Gasteiger partial charge is 0.480 e. The molecule has 2 amide bonds. The number of nitrogens with one attached hydrogen (secondary N) is 2. The van der Waals surface area contributed by atoms with Crippen molar-refractivity contribution in [3.8, 4) is 0 Å². The third-order valence-corrected chi connectivity index (χ3v) is 2.98. The van der Waals surface area contributed by atoms with Crippen LogP contribution in [-0.2, 0) is 9.59 Å². The lowest BCUT2D eigenvalue weighted by Crippen LogP contribution is -2.40. The van der Waals surface area contributed by atoms with E-state index < -0.39 is 17.9 Å². The van der Waals surface area contributed by atoms with Crippen molar-refractivity contribution < 1.29 is 19.5 Å². The van der Waals surface area contributed by atoms with Crippen molar-refractivity contribution in [1.82, 2.24) is 5.32 Å². The Balaban J connectivity index is 2.95. The van der Waals surface area contributed by atoms with Gasteiger partial charge in [-0.15, -0.1) is 0 Å². The number of anilines is 1. The van der Waals surface area contributed by atoms with Gasteiger partial charge in [0.05, 0.1) is 0 Å². The number of hydrogen-bond acceptors (Lipinski definition) is 3. The Bertz CT molecular complexity index is 555. The van der Waals surface area contributed by atoms with Gasteiger partial charge in [0.15, 0.2) is 0 Å². The number of carboxylic acids is 1. The summed E-state index contributed by atoms with van der Waals surface area (Å²) in [6.45, 7) is 4.98. The minimum absolute atomic E-state index is 0.236. The summed E-state index contributed by atoms with van der Waals surface area (Å²) >= 11 is 0. The third-order valence-electron chi connectivity index (χ3n) is 2.98. The fraction of sp³-hybridized carbons (Fsp3) is 0.400. The van der Waals surface area contributed by atoms with Gasteiger partial charge in [0.2, 0.25) is 5.91 Å². The summed E-state index contributed by atoms with van der Waals surface area (Å²) in [5.41, 5.74) is 1.56. The topological polar surface area (TPSA) is 95.5 Å². The lowest BCUT2D eigenvalue weighted by atomic mass is 10.1. The van der Waals surface area contributed by atoms with Crippen LogP contribution in [0.15, 0.2) is 18.2 Å². The fourth-order valence-electron chi connectivity index (χ4n) is 1.93. The highest BCUT2D eigenvalue weighted by atomic mass is 16.4. The SMILES string of the molecule is CCCC(NC(=O)c1cc(NC(C)=O)ccc1C)C(=O)O. The summed E-state index contributed by atoms with van der Waals surface area (Å²) < 4.78 is 0. The standard InChI is InChI=1S/C15H20N2O4/c1-4-5-13(15(20)21)17-14(19)12-8-11(16-10(3)18)7-6-9(12)2/h6-8,13H,4-5H2,1-3H3,(H,16,18)(H,17,19)(H,20,21). The van der Waals surface area contributed by atoms with Crippen LogP contribution >= 0.6 is 0 Å². The number of carboxylic acid groups (broad SMARTS) is 1. The van der Waals surface area contributed by atoms with E-state index in [-0.39, 0.29) is 5.91 Å².